The number of nitrogens with one attached hydrogen (secondary N) is 1. The van der Waals surface area contributed by atoms with Gasteiger partial charge in [-0.05, 0) is 67.9 Å². The van der Waals surface area contributed by atoms with Crippen LogP contribution in [0.25, 0.3) is 0 Å². The zero-order valence-electron chi connectivity index (χ0n) is 15.5. The molecule has 0 aliphatic carbocycles. The number of carbonyl (C=O) groups excluding carboxylic acids is 1. The third-order valence-corrected chi connectivity index (χ3v) is 4.42. The third-order valence-electron chi connectivity index (χ3n) is 3.89. The second kappa shape index (κ2) is 9.00. The number of rotatable bonds is 6. The monoisotopic (exact) mass is 415 g/mol. The van der Waals surface area contributed by atoms with E-state index in [2.05, 4.69) is 5.32 Å². The second-order valence-corrected chi connectivity index (χ2v) is 6.94. The van der Waals surface area contributed by atoms with Gasteiger partial charge in [0.1, 0.15) is 17.2 Å². The van der Waals surface area contributed by atoms with Crippen molar-refractivity contribution in [3.63, 3.8) is 0 Å². The molecule has 0 aliphatic rings. The molecule has 0 heterocycles. The minimum absolute atomic E-state index is 0.339. The molecule has 0 spiro atoms. The fourth-order valence-electron chi connectivity index (χ4n) is 2.63. The van der Waals surface area contributed by atoms with Gasteiger partial charge in [-0.25, -0.2) is 0 Å². The van der Waals surface area contributed by atoms with Crippen LogP contribution < -0.4 is 14.8 Å². The molecule has 0 saturated carbocycles. The van der Waals surface area contributed by atoms with Gasteiger partial charge in [-0.1, -0.05) is 35.3 Å². The Kier molecular flexibility index (Phi) is 6.45. The minimum Gasteiger partial charge on any atom is -0.493 e. The lowest BCUT2D eigenvalue weighted by Crippen LogP contribution is -2.13. The first-order valence-electron chi connectivity index (χ1n) is 8.74. The highest BCUT2D eigenvalue weighted by Gasteiger charge is 2.14. The molecule has 0 aromatic heterocycles. The molecule has 1 amide bonds. The van der Waals surface area contributed by atoms with Crippen molar-refractivity contribution in [3.05, 3.63) is 81.8 Å². The lowest BCUT2D eigenvalue weighted by atomic mass is 10.1. The van der Waals surface area contributed by atoms with Crippen LogP contribution in [0.2, 0.25) is 10.0 Å². The molecule has 28 heavy (non-hydrogen) atoms. The fourth-order valence-corrected chi connectivity index (χ4v) is 3.02. The van der Waals surface area contributed by atoms with E-state index in [-0.39, 0.29) is 5.91 Å². The fraction of sp³-hybridized carbons (Fsp3) is 0.136. The number of aryl methyl sites for hydroxylation is 1. The van der Waals surface area contributed by atoms with Crippen molar-refractivity contribution in [2.45, 2.75) is 13.8 Å². The van der Waals surface area contributed by atoms with E-state index < -0.39 is 0 Å². The lowest BCUT2D eigenvalue weighted by molar-refractivity contribution is 0.102. The molecular weight excluding hydrogens is 397 g/mol. The van der Waals surface area contributed by atoms with Crippen LogP contribution in [-0.4, -0.2) is 12.5 Å². The highest BCUT2D eigenvalue weighted by atomic mass is 35.5. The topological polar surface area (TPSA) is 47.6 Å². The summed E-state index contributed by atoms with van der Waals surface area (Å²) in [5.74, 6) is 1.33. The molecule has 0 bridgehead atoms. The Labute approximate surface area is 174 Å². The summed E-state index contributed by atoms with van der Waals surface area (Å²) in [5.41, 5.74) is 1.98. The quantitative estimate of drug-likeness (QED) is 0.484. The molecular formula is C22H19Cl2NO3. The van der Waals surface area contributed by atoms with Crippen molar-refractivity contribution in [2.75, 3.05) is 11.9 Å². The number of halogens is 2. The van der Waals surface area contributed by atoms with Gasteiger partial charge in [0.2, 0.25) is 0 Å². The number of benzene rings is 3. The van der Waals surface area contributed by atoms with E-state index >= 15 is 0 Å². The van der Waals surface area contributed by atoms with Crippen LogP contribution >= 0.6 is 23.2 Å². The molecule has 3 aromatic rings. The van der Waals surface area contributed by atoms with Crippen molar-refractivity contribution in [3.8, 4) is 17.2 Å². The largest absolute Gasteiger partial charge is 0.493 e. The summed E-state index contributed by atoms with van der Waals surface area (Å²) in [5, 5.41) is 3.64. The van der Waals surface area contributed by atoms with Crippen LogP contribution in [0.5, 0.6) is 17.2 Å². The third kappa shape index (κ3) is 4.97. The Morgan fingerprint density at radius 3 is 2.50 bits per heavy atom. The van der Waals surface area contributed by atoms with Gasteiger partial charge in [-0.15, -0.1) is 0 Å². The second-order valence-electron chi connectivity index (χ2n) is 6.09. The zero-order chi connectivity index (χ0) is 20.1. The molecule has 1 N–H and O–H groups in total. The number of hydrogen-bond donors (Lipinski definition) is 1. The van der Waals surface area contributed by atoms with E-state index in [4.69, 9.17) is 32.7 Å². The summed E-state index contributed by atoms with van der Waals surface area (Å²) < 4.78 is 11.3. The van der Waals surface area contributed by atoms with Crippen LogP contribution in [0.1, 0.15) is 22.8 Å². The predicted molar refractivity (Wildman–Crippen MR) is 113 cm³/mol. The van der Waals surface area contributed by atoms with Gasteiger partial charge in [-0.2, -0.15) is 0 Å². The summed E-state index contributed by atoms with van der Waals surface area (Å²) >= 11 is 12.4. The molecule has 0 atom stereocenters. The maximum absolute atomic E-state index is 12.7. The minimum atomic E-state index is -0.339. The average molecular weight is 416 g/mol. The Morgan fingerprint density at radius 2 is 1.79 bits per heavy atom. The molecule has 0 saturated heterocycles. The van der Waals surface area contributed by atoms with Crippen molar-refractivity contribution in [1.82, 2.24) is 0 Å². The molecule has 3 rings (SSSR count). The molecule has 3 aromatic carbocycles. The van der Waals surface area contributed by atoms with E-state index in [0.29, 0.717) is 45.2 Å². The van der Waals surface area contributed by atoms with E-state index in [9.17, 15) is 4.79 Å². The van der Waals surface area contributed by atoms with Crippen molar-refractivity contribution in [1.29, 1.82) is 0 Å². The summed E-state index contributed by atoms with van der Waals surface area (Å²) in [7, 11) is 0. The van der Waals surface area contributed by atoms with Gasteiger partial charge in [-0.3, -0.25) is 4.79 Å². The smallest absolute Gasteiger partial charge is 0.259 e. The first-order valence-corrected chi connectivity index (χ1v) is 9.49. The van der Waals surface area contributed by atoms with E-state index in [1.165, 1.54) is 0 Å². The number of amides is 1. The molecule has 144 valence electrons. The first-order chi connectivity index (χ1) is 13.5. The number of ether oxygens (including phenoxy) is 2. The van der Waals surface area contributed by atoms with Gasteiger partial charge >= 0.3 is 0 Å². The first kappa shape index (κ1) is 20.1. The van der Waals surface area contributed by atoms with Crippen molar-refractivity contribution < 1.29 is 14.3 Å². The van der Waals surface area contributed by atoms with Crippen molar-refractivity contribution in [2.24, 2.45) is 0 Å². The van der Waals surface area contributed by atoms with Crippen LogP contribution in [0.4, 0.5) is 5.69 Å². The summed E-state index contributed by atoms with van der Waals surface area (Å²) in [6, 6.07) is 17.7. The molecule has 0 fully saturated rings. The number of anilines is 1. The van der Waals surface area contributed by atoms with Gasteiger partial charge in [0.15, 0.2) is 0 Å². The predicted octanol–water partition coefficient (Wildman–Crippen LogP) is 6.75. The van der Waals surface area contributed by atoms with E-state index in [1.807, 2.05) is 38.1 Å². The van der Waals surface area contributed by atoms with Crippen LogP contribution in [0.3, 0.4) is 0 Å². The summed E-state index contributed by atoms with van der Waals surface area (Å²) in [4.78, 5) is 12.7. The highest BCUT2D eigenvalue weighted by Crippen LogP contribution is 2.32. The van der Waals surface area contributed by atoms with Crippen molar-refractivity contribution >= 4 is 34.8 Å². The highest BCUT2D eigenvalue weighted by molar-refractivity contribution is 6.32. The number of hydrogen-bond acceptors (Lipinski definition) is 3. The summed E-state index contributed by atoms with van der Waals surface area (Å²) in [6.07, 6.45) is 0. The maximum Gasteiger partial charge on any atom is 0.259 e. The van der Waals surface area contributed by atoms with Crippen LogP contribution in [-0.2, 0) is 0 Å². The molecule has 0 aliphatic heterocycles. The van der Waals surface area contributed by atoms with Crippen LogP contribution in [0.15, 0.2) is 60.7 Å². The van der Waals surface area contributed by atoms with Crippen LogP contribution in [0, 0.1) is 6.92 Å². The Morgan fingerprint density at radius 1 is 1.00 bits per heavy atom. The van der Waals surface area contributed by atoms with E-state index in [1.54, 1.807) is 36.4 Å². The Balaban J connectivity index is 1.77. The molecule has 0 unspecified atom stereocenters. The Bertz CT molecular complexity index is 1000. The van der Waals surface area contributed by atoms with Gasteiger partial charge in [0.05, 0.1) is 17.2 Å². The van der Waals surface area contributed by atoms with E-state index in [0.717, 1.165) is 5.56 Å². The SMILES string of the molecule is CCOc1ccc(Cl)cc1C(=O)Nc1ccc(Oc2cccc(C)c2)c(Cl)c1. The molecule has 0 radical (unpaired) electrons. The molecule has 4 nitrogen and oxygen atoms in total. The standard InChI is InChI=1S/C22H19Cl2NO3/c1-3-27-20-9-7-15(23)12-18(20)22(26)25-16-8-10-21(19(24)13-16)28-17-6-4-5-14(2)11-17/h4-13H,3H2,1-2H3,(H,25,26). The zero-order valence-corrected chi connectivity index (χ0v) is 17.0. The lowest BCUT2D eigenvalue weighted by Gasteiger charge is -2.13. The Hall–Kier alpha value is -2.69. The van der Waals surface area contributed by atoms with Gasteiger partial charge < -0.3 is 14.8 Å². The molecule has 6 heteroatoms. The maximum atomic E-state index is 12.7. The van der Waals surface area contributed by atoms with Gasteiger partial charge in [0.25, 0.3) is 5.91 Å². The normalized spacial score (nSPS) is 10.4. The average Bonchev–Trinajstić information content (AvgIpc) is 2.65. The van der Waals surface area contributed by atoms with Gasteiger partial charge in [0, 0.05) is 10.7 Å². The summed E-state index contributed by atoms with van der Waals surface area (Å²) in [6.45, 7) is 4.28. The number of carbonyl (C=O) groups is 1.